The molecule has 1 N–H and O–H groups in total. The number of H-pyrrole nitrogens is 1. The van der Waals surface area contributed by atoms with Crippen LogP contribution in [0.4, 0.5) is 4.39 Å². The van der Waals surface area contributed by atoms with Gasteiger partial charge in [0.2, 0.25) is 0 Å². The number of hydrogen-bond acceptors (Lipinski definition) is 3. The van der Waals surface area contributed by atoms with Crippen LogP contribution in [0.25, 0.3) is 11.0 Å². The molecule has 1 unspecified atom stereocenters. The maximum absolute atomic E-state index is 13.8. The van der Waals surface area contributed by atoms with Crippen LogP contribution in [0.2, 0.25) is 0 Å². The van der Waals surface area contributed by atoms with E-state index < -0.39 is 0 Å². The van der Waals surface area contributed by atoms with Crippen molar-refractivity contribution in [1.29, 1.82) is 0 Å². The maximum atomic E-state index is 13.8. The van der Waals surface area contributed by atoms with E-state index in [1.165, 1.54) is 13.2 Å². The van der Waals surface area contributed by atoms with Crippen molar-refractivity contribution in [3.8, 4) is 5.75 Å². The molecule has 1 fully saturated rings. The molecule has 2 heterocycles. The minimum absolute atomic E-state index is 0.240. The summed E-state index contributed by atoms with van der Waals surface area (Å²) in [6, 6.07) is 3.40. The van der Waals surface area contributed by atoms with Crippen molar-refractivity contribution in [3.05, 3.63) is 22.7 Å². The third kappa shape index (κ3) is 2.58. The molecule has 0 aliphatic carbocycles. The van der Waals surface area contributed by atoms with Crippen LogP contribution in [0.15, 0.2) is 12.1 Å². The van der Waals surface area contributed by atoms with Gasteiger partial charge in [-0.15, -0.1) is 0 Å². The average molecular weight is 310 g/mol. The van der Waals surface area contributed by atoms with Gasteiger partial charge in [0.25, 0.3) is 0 Å². The summed E-state index contributed by atoms with van der Waals surface area (Å²) >= 11 is 5.43. The fourth-order valence-electron chi connectivity index (χ4n) is 3.10. The van der Waals surface area contributed by atoms with E-state index in [0.717, 1.165) is 31.6 Å². The summed E-state index contributed by atoms with van der Waals surface area (Å²) in [5.74, 6) is 0.372. The number of benzene rings is 1. The number of aromatic amines is 1. The molecule has 0 spiro atoms. The highest BCUT2D eigenvalue weighted by Crippen LogP contribution is 2.32. The Bertz CT molecular complexity index is 703. The molecule has 1 aromatic carbocycles. The molecule has 1 saturated heterocycles. The molecule has 0 radical (unpaired) electrons. The largest absolute Gasteiger partial charge is 0.494 e. The number of nitrogens with zero attached hydrogens (tertiary/aromatic N) is 1. The van der Waals surface area contributed by atoms with Crippen molar-refractivity contribution in [2.24, 2.45) is 5.92 Å². The second-order valence-electron chi connectivity index (χ2n) is 5.49. The second-order valence-corrected chi connectivity index (χ2v) is 5.88. The Morgan fingerprint density at radius 2 is 2.14 bits per heavy atom. The lowest BCUT2D eigenvalue weighted by Crippen LogP contribution is -2.24. The molecule has 21 heavy (non-hydrogen) atoms. The first kappa shape index (κ1) is 14.5. The molecule has 114 valence electrons. The normalized spacial score (nSPS) is 18.0. The smallest absolute Gasteiger partial charge is 0.178 e. The molecule has 2 aromatic rings. The Morgan fingerprint density at radius 1 is 1.43 bits per heavy atom. The van der Waals surface area contributed by atoms with Crippen molar-refractivity contribution in [2.75, 3.05) is 20.3 Å². The average Bonchev–Trinajstić information content (AvgIpc) is 2.81. The quantitative estimate of drug-likeness (QED) is 0.876. The number of ether oxygens (including phenoxy) is 2. The fourth-order valence-corrected chi connectivity index (χ4v) is 3.47. The number of hydrogen-bond donors (Lipinski definition) is 1. The van der Waals surface area contributed by atoms with Gasteiger partial charge in [-0.25, -0.2) is 4.39 Å². The molecule has 0 saturated carbocycles. The third-order valence-electron chi connectivity index (χ3n) is 4.35. The van der Waals surface area contributed by atoms with E-state index in [4.69, 9.17) is 21.7 Å². The topological polar surface area (TPSA) is 39.2 Å². The summed E-state index contributed by atoms with van der Waals surface area (Å²) in [5, 5.41) is 0. The van der Waals surface area contributed by atoms with E-state index in [2.05, 4.69) is 16.5 Å². The molecule has 1 aliphatic rings. The van der Waals surface area contributed by atoms with E-state index in [0.29, 0.717) is 16.2 Å². The lowest BCUT2D eigenvalue weighted by molar-refractivity contribution is 0.0517. The predicted octanol–water partition coefficient (Wildman–Crippen LogP) is 3.83. The Hall–Kier alpha value is -1.40. The summed E-state index contributed by atoms with van der Waals surface area (Å²) < 4.78 is 27.0. The first-order chi connectivity index (χ1) is 10.1. The van der Waals surface area contributed by atoms with Crippen molar-refractivity contribution in [1.82, 2.24) is 9.55 Å². The van der Waals surface area contributed by atoms with Crippen LogP contribution >= 0.6 is 12.2 Å². The Kier molecular flexibility index (Phi) is 3.99. The highest BCUT2D eigenvalue weighted by Gasteiger charge is 2.24. The number of methoxy groups -OCH3 is 1. The Labute approximate surface area is 127 Å². The molecule has 0 bridgehead atoms. The summed E-state index contributed by atoms with van der Waals surface area (Å²) in [4.78, 5) is 3.09. The molecule has 1 atom stereocenters. The van der Waals surface area contributed by atoms with Crippen LogP contribution in [0, 0.1) is 16.5 Å². The van der Waals surface area contributed by atoms with Gasteiger partial charge in [0.15, 0.2) is 16.3 Å². The van der Waals surface area contributed by atoms with Crippen molar-refractivity contribution >= 4 is 23.3 Å². The minimum atomic E-state index is -0.382. The molecule has 1 aromatic heterocycles. The number of imidazole rings is 1. The standard InChI is InChI=1S/C15H19FN2O2S/c1-9(10-3-5-20-6-4-10)18-13-8-14(19-2)11(16)7-12(13)17-15(18)21/h7-10H,3-6H2,1-2H3,(H,17,21). The maximum Gasteiger partial charge on any atom is 0.178 e. The van der Waals surface area contributed by atoms with E-state index in [-0.39, 0.29) is 17.6 Å². The Balaban J connectivity index is 2.08. The lowest BCUT2D eigenvalue weighted by atomic mass is 9.92. The van der Waals surface area contributed by atoms with Gasteiger partial charge in [-0.1, -0.05) is 0 Å². The highest BCUT2D eigenvalue weighted by atomic mass is 32.1. The van der Waals surface area contributed by atoms with Crippen LogP contribution < -0.4 is 4.74 Å². The molecule has 3 rings (SSSR count). The lowest BCUT2D eigenvalue weighted by Gasteiger charge is -2.29. The molecule has 1 aliphatic heterocycles. The van der Waals surface area contributed by atoms with E-state index in [1.807, 2.05) is 0 Å². The van der Waals surface area contributed by atoms with Crippen LogP contribution in [0.3, 0.4) is 0 Å². The van der Waals surface area contributed by atoms with Crippen LogP contribution in [0.5, 0.6) is 5.75 Å². The summed E-state index contributed by atoms with van der Waals surface area (Å²) in [7, 11) is 1.47. The SMILES string of the molecule is COc1cc2c(cc1F)[nH]c(=S)n2C(C)C1CCOCC1. The van der Waals surface area contributed by atoms with Crippen molar-refractivity contribution in [2.45, 2.75) is 25.8 Å². The summed E-state index contributed by atoms with van der Waals surface area (Å²) in [6.07, 6.45) is 2.04. The zero-order valence-corrected chi connectivity index (χ0v) is 13.0. The molecular formula is C15H19FN2O2S. The summed E-state index contributed by atoms with van der Waals surface area (Å²) in [6.45, 7) is 3.75. The predicted molar refractivity (Wildman–Crippen MR) is 81.9 cm³/mol. The first-order valence-electron chi connectivity index (χ1n) is 7.17. The van der Waals surface area contributed by atoms with E-state index in [9.17, 15) is 4.39 Å². The van der Waals surface area contributed by atoms with Crippen LogP contribution in [-0.4, -0.2) is 29.9 Å². The van der Waals surface area contributed by atoms with Gasteiger partial charge < -0.3 is 19.0 Å². The van der Waals surface area contributed by atoms with Gasteiger partial charge in [0, 0.05) is 31.4 Å². The van der Waals surface area contributed by atoms with Gasteiger partial charge in [-0.3, -0.25) is 0 Å². The zero-order chi connectivity index (χ0) is 15.0. The van der Waals surface area contributed by atoms with Gasteiger partial charge in [0.1, 0.15) is 0 Å². The van der Waals surface area contributed by atoms with Crippen LogP contribution in [-0.2, 0) is 4.74 Å². The molecule has 6 heteroatoms. The number of aromatic nitrogens is 2. The number of rotatable bonds is 3. The molecule has 0 amide bonds. The first-order valence-corrected chi connectivity index (χ1v) is 7.58. The van der Waals surface area contributed by atoms with E-state index in [1.54, 1.807) is 6.07 Å². The van der Waals surface area contributed by atoms with Crippen molar-refractivity contribution < 1.29 is 13.9 Å². The zero-order valence-electron chi connectivity index (χ0n) is 12.2. The third-order valence-corrected chi connectivity index (χ3v) is 4.64. The van der Waals surface area contributed by atoms with Gasteiger partial charge >= 0.3 is 0 Å². The monoisotopic (exact) mass is 310 g/mol. The second kappa shape index (κ2) is 5.77. The van der Waals surface area contributed by atoms with Gasteiger partial charge in [-0.2, -0.15) is 0 Å². The van der Waals surface area contributed by atoms with Gasteiger partial charge in [-0.05, 0) is 37.9 Å². The number of nitrogens with one attached hydrogen (secondary N) is 1. The molecular weight excluding hydrogens is 291 g/mol. The fraction of sp³-hybridized carbons (Fsp3) is 0.533. The van der Waals surface area contributed by atoms with Gasteiger partial charge in [0.05, 0.1) is 18.1 Å². The van der Waals surface area contributed by atoms with Crippen molar-refractivity contribution in [3.63, 3.8) is 0 Å². The number of halogens is 1. The Morgan fingerprint density at radius 3 is 2.81 bits per heavy atom. The summed E-state index contributed by atoms with van der Waals surface area (Å²) in [5.41, 5.74) is 1.59. The number of fused-ring (bicyclic) bond motifs is 1. The highest BCUT2D eigenvalue weighted by molar-refractivity contribution is 7.71. The van der Waals surface area contributed by atoms with Crippen LogP contribution in [0.1, 0.15) is 25.8 Å². The van der Waals surface area contributed by atoms with E-state index >= 15 is 0 Å². The molecule has 4 nitrogen and oxygen atoms in total. The minimum Gasteiger partial charge on any atom is -0.494 e.